The predicted octanol–water partition coefficient (Wildman–Crippen LogP) is 6.65. The molecule has 1 saturated heterocycles. The van der Waals surface area contributed by atoms with Crippen molar-refractivity contribution in [3.05, 3.63) is 107 Å². The van der Waals surface area contributed by atoms with E-state index in [4.69, 9.17) is 12.2 Å². The molecule has 1 fully saturated rings. The summed E-state index contributed by atoms with van der Waals surface area (Å²) in [5, 5.41) is 7.18. The van der Waals surface area contributed by atoms with Crippen molar-refractivity contribution >= 4 is 34.6 Å². The molecular weight excluding hydrogens is 540 g/mol. The molecule has 42 heavy (non-hydrogen) atoms. The van der Waals surface area contributed by atoms with Gasteiger partial charge in [0.2, 0.25) is 5.91 Å². The standard InChI is InChI=1S/C34H40N6OS/c1-6-38(7-2)27-15-17-28(18-16-27)40-24(4)22-29(25(40)5)33-32(30-10-8-9-20-35-30)37-34(42)39(33)21-19-31(41)36-26-13-11-23(3)12-14-26/h8-18,20,22,32-33H,6-7,19,21H2,1-5H3,(H,36,41)(H,37,42)/t32-,33+/m1/s1. The highest BCUT2D eigenvalue weighted by molar-refractivity contribution is 7.80. The molecule has 218 valence electrons. The SMILES string of the molecule is CCN(CC)c1ccc(-n2c(C)cc([C@H]3[C@@H](c4ccccn4)NC(=S)N3CCC(=O)Nc3ccc(C)cc3)c2C)cc1. The van der Waals surface area contributed by atoms with E-state index in [1.54, 1.807) is 0 Å². The van der Waals surface area contributed by atoms with Crippen molar-refractivity contribution in [3.63, 3.8) is 0 Å². The number of hydrogen-bond donors (Lipinski definition) is 2. The maximum atomic E-state index is 13.0. The van der Waals surface area contributed by atoms with Crippen molar-refractivity contribution in [2.75, 3.05) is 29.9 Å². The molecule has 7 nitrogen and oxygen atoms in total. The molecule has 2 aromatic carbocycles. The lowest BCUT2D eigenvalue weighted by Gasteiger charge is -2.28. The van der Waals surface area contributed by atoms with Crippen molar-refractivity contribution in [1.82, 2.24) is 19.8 Å². The van der Waals surface area contributed by atoms with Crippen LogP contribution in [0.4, 0.5) is 11.4 Å². The average Bonchev–Trinajstić information content (AvgIpc) is 3.48. The molecule has 0 aliphatic carbocycles. The molecule has 4 aromatic rings. The number of thiocarbonyl (C=S) groups is 1. The summed E-state index contributed by atoms with van der Waals surface area (Å²) in [5.41, 5.74) is 8.68. The van der Waals surface area contributed by atoms with Crippen LogP contribution < -0.4 is 15.5 Å². The lowest BCUT2D eigenvalue weighted by molar-refractivity contribution is -0.116. The van der Waals surface area contributed by atoms with Gasteiger partial charge in [0.05, 0.1) is 17.8 Å². The van der Waals surface area contributed by atoms with Crippen LogP contribution >= 0.6 is 12.2 Å². The number of carbonyl (C=O) groups excluding carboxylic acids is 1. The number of pyridine rings is 1. The lowest BCUT2D eigenvalue weighted by Crippen LogP contribution is -2.32. The Morgan fingerprint density at radius 1 is 1.00 bits per heavy atom. The maximum Gasteiger partial charge on any atom is 0.226 e. The Morgan fingerprint density at radius 3 is 2.36 bits per heavy atom. The Bertz CT molecular complexity index is 1530. The van der Waals surface area contributed by atoms with Gasteiger partial charge < -0.3 is 25.0 Å². The smallest absolute Gasteiger partial charge is 0.226 e. The number of aromatic nitrogens is 2. The first-order chi connectivity index (χ1) is 20.3. The number of amides is 1. The van der Waals surface area contributed by atoms with E-state index < -0.39 is 0 Å². The number of nitrogens with one attached hydrogen (secondary N) is 2. The second-order valence-electron chi connectivity index (χ2n) is 10.8. The zero-order valence-corrected chi connectivity index (χ0v) is 25.9. The van der Waals surface area contributed by atoms with Gasteiger partial charge in [-0.05, 0) is 107 Å². The lowest BCUT2D eigenvalue weighted by atomic mass is 9.96. The second-order valence-corrected chi connectivity index (χ2v) is 11.2. The van der Waals surface area contributed by atoms with Crippen molar-refractivity contribution in [2.45, 2.75) is 53.1 Å². The third-order valence-electron chi connectivity index (χ3n) is 8.14. The van der Waals surface area contributed by atoms with Crippen LogP contribution in [0.3, 0.4) is 0 Å². The van der Waals surface area contributed by atoms with Crippen LogP contribution in [0.25, 0.3) is 5.69 Å². The van der Waals surface area contributed by atoms with Gasteiger partial charge >= 0.3 is 0 Å². The number of nitrogens with zero attached hydrogens (tertiary/aromatic N) is 4. The largest absolute Gasteiger partial charge is 0.372 e. The van der Waals surface area contributed by atoms with Crippen LogP contribution in [-0.2, 0) is 4.79 Å². The summed E-state index contributed by atoms with van der Waals surface area (Å²) in [5.74, 6) is -0.0412. The van der Waals surface area contributed by atoms with Crippen molar-refractivity contribution in [1.29, 1.82) is 0 Å². The third-order valence-corrected chi connectivity index (χ3v) is 8.49. The highest BCUT2D eigenvalue weighted by Crippen LogP contribution is 2.41. The molecule has 3 heterocycles. The molecule has 0 unspecified atom stereocenters. The summed E-state index contributed by atoms with van der Waals surface area (Å²) >= 11 is 5.87. The van der Waals surface area contributed by atoms with Crippen LogP contribution in [-0.4, -0.2) is 45.1 Å². The molecule has 1 aliphatic rings. The Labute approximate surface area is 254 Å². The fraction of sp³-hybridized carbons (Fsp3) is 0.324. The molecule has 0 saturated carbocycles. The third kappa shape index (κ3) is 6.04. The van der Waals surface area contributed by atoms with Crippen molar-refractivity contribution in [3.8, 4) is 5.69 Å². The summed E-state index contributed by atoms with van der Waals surface area (Å²) in [6.07, 6.45) is 2.13. The van der Waals surface area contributed by atoms with Gasteiger partial charge in [-0.2, -0.15) is 0 Å². The molecule has 2 N–H and O–H groups in total. The van der Waals surface area contributed by atoms with Gasteiger partial charge in [0, 0.05) is 60.7 Å². The first-order valence-electron chi connectivity index (χ1n) is 14.7. The van der Waals surface area contributed by atoms with Crippen LogP contribution in [0.2, 0.25) is 0 Å². The van der Waals surface area contributed by atoms with Gasteiger partial charge in [0.15, 0.2) is 5.11 Å². The van der Waals surface area contributed by atoms with Gasteiger partial charge in [-0.1, -0.05) is 23.8 Å². The molecule has 1 aliphatic heterocycles. The van der Waals surface area contributed by atoms with E-state index in [-0.39, 0.29) is 18.0 Å². The number of rotatable bonds is 10. The fourth-order valence-corrected chi connectivity index (χ4v) is 6.28. The molecule has 5 rings (SSSR count). The van der Waals surface area contributed by atoms with Crippen LogP contribution in [0.1, 0.15) is 60.6 Å². The van der Waals surface area contributed by atoms with E-state index in [0.29, 0.717) is 18.1 Å². The van der Waals surface area contributed by atoms with Gasteiger partial charge in [-0.25, -0.2) is 0 Å². The molecule has 1 amide bonds. The first-order valence-corrected chi connectivity index (χ1v) is 15.1. The van der Waals surface area contributed by atoms with E-state index >= 15 is 0 Å². The average molecular weight is 581 g/mol. The van der Waals surface area contributed by atoms with E-state index in [0.717, 1.165) is 47.1 Å². The molecule has 0 radical (unpaired) electrons. The molecule has 8 heteroatoms. The minimum Gasteiger partial charge on any atom is -0.372 e. The first kappa shape index (κ1) is 29.3. The van der Waals surface area contributed by atoms with Gasteiger partial charge in [-0.3, -0.25) is 9.78 Å². The van der Waals surface area contributed by atoms with Gasteiger partial charge in [0.25, 0.3) is 0 Å². The molecular formula is C34H40N6OS. The zero-order valence-electron chi connectivity index (χ0n) is 25.1. The highest BCUT2D eigenvalue weighted by Gasteiger charge is 2.41. The summed E-state index contributed by atoms with van der Waals surface area (Å²) in [7, 11) is 0. The second kappa shape index (κ2) is 12.8. The number of hydrogen-bond acceptors (Lipinski definition) is 4. The Morgan fingerprint density at radius 2 is 1.71 bits per heavy atom. The number of aryl methyl sites for hydroxylation is 2. The topological polar surface area (TPSA) is 65.4 Å². The molecule has 2 aromatic heterocycles. The van der Waals surface area contributed by atoms with Crippen LogP contribution in [0.15, 0.2) is 79.0 Å². The summed E-state index contributed by atoms with van der Waals surface area (Å²) in [6, 6.07) is 24.6. The normalized spacial score (nSPS) is 16.4. The van der Waals surface area contributed by atoms with Crippen molar-refractivity contribution < 1.29 is 4.79 Å². The zero-order chi connectivity index (χ0) is 29.8. The highest BCUT2D eigenvalue weighted by atomic mass is 32.1. The molecule has 0 spiro atoms. The van der Waals surface area contributed by atoms with Crippen LogP contribution in [0.5, 0.6) is 0 Å². The molecule has 0 bridgehead atoms. The summed E-state index contributed by atoms with van der Waals surface area (Å²) < 4.78 is 2.31. The van der Waals surface area contributed by atoms with Gasteiger partial charge in [0.1, 0.15) is 0 Å². The maximum absolute atomic E-state index is 13.0. The Balaban J connectivity index is 1.45. The Kier molecular flexibility index (Phi) is 8.92. The van der Waals surface area contributed by atoms with E-state index in [2.05, 4.69) is 88.0 Å². The van der Waals surface area contributed by atoms with Gasteiger partial charge in [-0.15, -0.1) is 0 Å². The number of benzene rings is 2. The minimum atomic E-state index is -0.141. The fourth-order valence-electron chi connectivity index (χ4n) is 5.95. The van der Waals surface area contributed by atoms with E-state index in [1.165, 1.54) is 11.3 Å². The van der Waals surface area contributed by atoms with E-state index in [9.17, 15) is 4.79 Å². The summed E-state index contributed by atoms with van der Waals surface area (Å²) in [4.78, 5) is 22.1. The summed E-state index contributed by atoms with van der Waals surface area (Å²) in [6.45, 7) is 13.1. The number of anilines is 2. The minimum absolute atomic E-state index is 0.0412. The quantitative estimate of drug-likeness (QED) is 0.205. The monoisotopic (exact) mass is 580 g/mol. The molecule has 2 atom stereocenters. The van der Waals surface area contributed by atoms with E-state index in [1.807, 2.05) is 55.6 Å². The number of carbonyl (C=O) groups is 1. The van der Waals surface area contributed by atoms with Crippen LogP contribution in [0, 0.1) is 20.8 Å². The predicted molar refractivity (Wildman–Crippen MR) is 175 cm³/mol. The Hall–Kier alpha value is -4.17. The van der Waals surface area contributed by atoms with Crippen molar-refractivity contribution in [2.24, 2.45) is 0 Å².